The maximum absolute atomic E-state index is 12.4. The summed E-state index contributed by atoms with van der Waals surface area (Å²) < 4.78 is 6.23. The number of hydrogen-bond acceptors (Lipinski definition) is 6. The molecule has 0 aliphatic rings. The number of aromatic hydroxyl groups is 1. The van der Waals surface area contributed by atoms with Gasteiger partial charge in [-0.15, -0.1) is 0 Å². The van der Waals surface area contributed by atoms with Crippen LogP contribution in [0.1, 0.15) is 52.2 Å². The molecule has 1 aromatic heterocycles. The zero-order valence-corrected chi connectivity index (χ0v) is 18.5. The fourth-order valence-electron chi connectivity index (χ4n) is 3.33. The maximum atomic E-state index is 12.4. The largest absolute Gasteiger partial charge is 0.504 e. The molecule has 1 amide bonds. The van der Waals surface area contributed by atoms with Crippen LogP contribution < -0.4 is 5.43 Å². The number of esters is 1. The van der Waals surface area contributed by atoms with Gasteiger partial charge in [0.1, 0.15) is 5.69 Å². The molecule has 8 nitrogen and oxygen atoms in total. The molecule has 0 unspecified atom stereocenters. The van der Waals surface area contributed by atoms with Gasteiger partial charge in [-0.3, -0.25) is 9.48 Å². The summed E-state index contributed by atoms with van der Waals surface area (Å²) in [6.45, 7) is 3.78. The van der Waals surface area contributed by atoms with Gasteiger partial charge in [0, 0.05) is 18.2 Å². The number of ether oxygens (including phenoxy) is 1. The smallest absolute Gasteiger partial charge is 0.337 e. The van der Waals surface area contributed by atoms with Gasteiger partial charge in [0.05, 0.1) is 18.4 Å². The lowest BCUT2D eigenvalue weighted by atomic mass is 10.0. The van der Waals surface area contributed by atoms with Crippen molar-refractivity contribution in [1.82, 2.24) is 15.2 Å². The number of carbonyl (C=O) groups is 2. The van der Waals surface area contributed by atoms with E-state index in [9.17, 15) is 14.7 Å². The Kier molecular flexibility index (Phi) is 7.04. The average molecular weight is 434 g/mol. The predicted octanol–water partition coefficient (Wildman–Crippen LogP) is 3.69. The van der Waals surface area contributed by atoms with Crippen LogP contribution in [0.5, 0.6) is 5.75 Å². The normalized spacial score (nSPS) is 11.3. The molecule has 8 heteroatoms. The number of amides is 1. The van der Waals surface area contributed by atoms with Crippen LogP contribution >= 0.6 is 0 Å². The van der Waals surface area contributed by atoms with E-state index in [4.69, 9.17) is 0 Å². The van der Waals surface area contributed by atoms with Gasteiger partial charge < -0.3 is 9.84 Å². The number of aromatic nitrogens is 2. The third-order valence-corrected chi connectivity index (χ3v) is 5.02. The Labute approximate surface area is 186 Å². The summed E-state index contributed by atoms with van der Waals surface area (Å²) in [5, 5.41) is 19.2. The maximum Gasteiger partial charge on any atom is 0.337 e. The average Bonchev–Trinajstić information content (AvgIpc) is 3.11. The Bertz CT molecular complexity index is 1150. The van der Waals surface area contributed by atoms with Crippen molar-refractivity contribution in [3.05, 3.63) is 70.9 Å². The zero-order valence-electron chi connectivity index (χ0n) is 18.5. The highest BCUT2D eigenvalue weighted by atomic mass is 16.5. The third-order valence-electron chi connectivity index (χ3n) is 5.02. The summed E-state index contributed by atoms with van der Waals surface area (Å²) in [6, 6.07) is 14.0. The lowest BCUT2D eigenvalue weighted by Crippen LogP contribution is -2.19. The highest BCUT2D eigenvalue weighted by Crippen LogP contribution is 2.32. The predicted molar refractivity (Wildman–Crippen MR) is 122 cm³/mol. The van der Waals surface area contributed by atoms with E-state index in [1.165, 1.54) is 36.9 Å². The van der Waals surface area contributed by atoms with Gasteiger partial charge >= 0.3 is 5.97 Å². The van der Waals surface area contributed by atoms with E-state index >= 15 is 0 Å². The number of rotatable bonds is 7. The molecule has 0 fully saturated rings. The second kappa shape index (κ2) is 9.91. The molecule has 0 saturated heterocycles. The van der Waals surface area contributed by atoms with Gasteiger partial charge in [0.25, 0.3) is 5.91 Å². The van der Waals surface area contributed by atoms with E-state index in [0.29, 0.717) is 22.5 Å². The number of hydrazone groups is 1. The number of nitrogens with zero attached hydrogens (tertiary/aromatic N) is 3. The van der Waals surface area contributed by atoms with Gasteiger partial charge in [-0.2, -0.15) is 10.2 Å². The molecule has 3 aromatic rings. The Hall–Kier alpha value is -3.94. The number of hydrogen-bond donors (Lipinski definition) is 2. The highest BCUT2D eigenvalue weighted by Gasteiger charge is 2.19. The van der Waals surface area contributed by atoms with Gasteiger partial charge in [-0.05, 0) is 43.2 Å². The highest BCUT2D eigenvalue weighted by molar-refractivity contribution is 6.02. The molecule has 0 spiro atoms. The van der Waals surface area contributed by atoms with Crippen molar-refractivity contribution in [2.75, 3.05) is 7.11 Å². The van der Waals surface area contributed by atoms with Gasteiger partial charge in [0.15, 0.2) is 11.4 Å². The molecule has 0 bridgehead atoms. The van der Waals surface area contributed by atoms with Crippen molar-refractivity contribution in [3.63, 3.8) is 0 Å². The SMILES string of the molecule is CCCc1ccc(-c2c(O)c(/C(C)=N\NC(=O)c3ccc(C(=O)OC)cc3)nn2C)cc1. The van der Waals surface area contributed by atoms with Crippen molar-refractivity contribution in [1.29, 1.82) is 0 Å². The molecule has 166 valence electrons. The number of carbonyl (C=O) groups excluding carboxylic acids is 2. The lowest BCUT2D eigenvalue weighted by molar-refractivity contribution is 0.0600. The molecule has 0 aliphatic heterocycles. The second-order valence-electron chi connectivity index (χ2n) is 7.32. The second-order valence-corrected chi connectivity index (χ2v) is 7.32. The van der Waals surface area contributed by atoms with Crippen LogP contribution in [0.15, 0.2) is 53.6 Å². The topological polar surface area (TPSA) is 106 Å². The fraction of sp³-hybridized carbons (Fsp3) is 0.250. The molecule has 32 heavy (non-hydrogen) atoms. The Morgan fingerprint density at radius 3 is 2.31 bits per heavy atom. The molecule has 2 N–H and O–H groups in total. The lowest BCUT2D eigenvalue weighted by Gasteiger charge is -2.05. The molecular formula is C24H26N4O4. The minimum Gasteiger partial charge on any atom is -0.504 e. The first kappa shape index (κ1) is 22.7. The Balaban J connectivity index is 1.77. The molecule has 0 radical (unpaired) electrons. The van der Waals surface area contributed by atoms with Crippen molar-refractivity contribution in [2.45, 2.75) is 26.7 Å². The van der Waals surface area contributed by atoms with Crippen LogP contribution in [0.4, 0.5) is 0 Å². The quantitative estimate of drug-likeness (QED) is 0.335. The number of benzene rings is 2. The summed E-state index contributed by atoms with van der Waals surface area (Å²) >= 11 is 0. The van der Waals surface area contributed by atoms with Crippen molar-refractivity contribution in [3.8, 4) is 17.0 Å². The molecule has 0 aliphatic carbocycles. The van der Waals surface area contributed by atoms with E-state index in [1.807, 2.05) is 24.3 Å². The third kappa shape index (κ3) is 4.85. The summed E-state index contributed by atoms with van der Waals surface area (Å²) in [5.74, 6) is -0.941. The number of aryl methyl sites for hydroxylation is 2. The first-order chi connectivity index (χ1) is 15.3. The molecule has 0 saturated carbocycles. The van der Waals surface area contributed by atoms with Crippen LogP contribution in [0.3, 0.4) is 0 Å². The van der Waals surface area contributed by atoms with Crippen LogP contribution in [0.2, 0.25) is 0 Å². The van der Waals surface area contributed by atoms with Crippen LogP contribution in [-0.2, 0) is 18.2 Å². The van der Waals surface area contributed by atoms with E-state index in [2.05, 4.69) is 27.3 Å². The first-order valence-corrected chi connectivity index (χ1v) is 10.2. The minimum absolute atomic E-state index is 0.00586. The zero-order chi connectivity index (χ0) is 23.3. The molecule has 3 rings (SSSR count). The standard InChI is InChI=1S/C24H26N4O4/c1-5-6-16-7-9-17(10-8-16)21-22(29)20(27-28(21)3)15(2)25-26-23(30)18-11-13-19(14-12-18)24(31)32-4/h7-14,29H,5-6H2,1-4H3,(H,26,30)/b25-15-. The summed E-state index contributed by atoms with van der Waals surface area (Å²) in [4.78, 5) is 23.9. The minimum atomic E-state index is -0.479. The summed E-state index contributed by atoms with van der Waals surface area (Å²) in [7, 11) is 3.04. The summed E-state index contributed by atoms with van der Waals surface area (Å²) in [6.07, 6.45) is 2.07. The molecule has 2 aromatic carbocycles. The van der Waals surface area contributed by atoms with E-state index < -0.39 is 11.9 Å². The molecular weight excluding hydrogens is 408 g/mol. The first-order valence-electron chi connectivity index (χ1n) is 10.2. The van der Waals surface area contributed by atoms with Gasteiger partial charge in [-0.25, -0.2) is 10.2 Å². The molecule has 0 atom stereocenters. The van der Waals surface area contributed by atoms with Crippen molar-refractivity contribution >= 4 is 17.6 Å². The Morgan fingerprint density at radius 1 is 1.09 bits per heavy atom. The van der Waals surface area contributed by atoms with E-state index in [0.717, 1.165) is 18.4 Å². The van der Waals surface area contributed by atoms with Crippen LogP contribution in [0.25, 0.3) is 11.3 Å². The van der Waals surface area contributed by atoms with E-state index in [1.54, 1.807) is 18.7 Å². The van der Waals surface area contributed by atoms with Crippen LogP contribution in [0, 0.1) is 0 Å². The van der Waals surface area contributed by atoms with Gasteiger partial charge in [-0.1, -0.05) is 37.6 Å². The van der Waals surface area contributed by atoms with Crippen molar-refractivity contribution < 1.29 is 19.4 Å². The number of methoxy groups -OCH3 is 1. The van der Waals surface area contributed by atoms with Crippen LogP contribution in [-0.4, -0.2) is 39.6 Å². The van der Waals surface area contributed by atoms with Crippen molar-refractivity contribution in [2.24, 2.45) is 12.1 Å². The molecule has 1 heterocycles. The fourth-order valence-corrected chi connectivity index (χ4v) is 3.33. The Morgan fingerprint density at radius 2 is 1.72 bits per heavy atom. The summed E-state index contributed by atoms with van der Waals surface area (Å²) in [5.41, 5.74) is 6.40. The monoisotopic (exact) mass is 434 g/mol. The number of nitrogens with one attached hydrogen (secondary N) is 1. The van der Waals surface area contributed by atoms with Gasteiger partial charge in [0.2, 0.25) is 0 Å². The van der Waals surface area contributed by atoms with E-state index in [-0.39, 0.29) is 11.4 Å².